The number of nitrogens with one attached hydrogen (secondary N) is 1. The largest absolute Gasteiger partial charge is 0.497 e. The predicted octanol–water partition coefficient (Wildman–Crippen LogP) is 5.04. The summed E-state index contributed by atoms with van der Waals surface area (Å²) in [4.78, 5) is 28.4. The fraction of sp³-hybridized carbons (Fsp3) is 0.333. The Balaban J connectivity index is 2.02. The van der Waals surface area contributed by atoms with Crippen molar-refractivity contribution in [1.82, 2.24) is 10.2 Å². The Morgan fingerprint density at radius 2 is 1.65 bits per heavy atom. The number of carbonyl (C=O) groups is 2. The van der Waals surface area contributed by atoms with Gasteiger partial charge in [-0.05, 0) is 79.4 Å². The molecule has 10 heteroatoms. The van der Waals surface area contributed by atoms with Gasteiger partial charge in [-0.1, -0.05) is 49.7 Å². The Morgan fingerprint density at radius 1 is 0.975 bits per heavy atom. The van der Waals surface area contributed by atoms with Crippen molar-refractivity contribution in [2.24, 2.45) is 5.92 Å². The fourth-order valence-corrected chi connectivity index (χ4v) is 5.58. The molecule has 3 aromatic rings. The molecule has 40 heavy (non-hydrogen) atoms. The second-order valence-corrected chi connectivity index (χ2v) is 12.3. The molecule has 8 nitrogen and oxygen atoms in total. The maximum atomic E-state index is 14.0. The molecule has 0 aliphatic heterocycles. The lowest BCUT2D eigenvalue weighted by molar-refractivity contribution is -0.139. The number of aryl methyl sites for hydroxylation is 1. The molecule has 2 amide bonds. The van der Waals surface area contributed by atoms with E-state index in [0.717, 1.165) is 15.4 Å². The van der Waals surface area contributed by atoms with Crippen LogP contribution in [0.25, 0.3) is 0 Å². The summed E-state index contributed by atoms with van der Waals surface area (Å²) < 4.78 is 34.1. The Hall–Kier alpha value is -3.56. The first-order chi connectivity index (χ1) is 18.9. The minimum Gasteiger partial charge on any atom is -0.497 e. The van der Waals surface area contributed by atoms with Crippen LogP contribution in [0.2, 0.25) is 5.02 Å². The smallest absolute Gasteiger partial charge is 0.264 e. The predicted molar refractivity (Wildman–Crippen MR) is 158 cm³/mol. The lowest BCUT2D eigenvalue weighted by Gasteiger charge is -2.32. The van der Waals surface area contributed by atoms with Crippen LogP contribution in [0.15, 0.2) is 77.7 Å². The first-order valence-corrected chi connectivity index (χ1v) is 14.8. The van der Waals surface area contributed by atoms with E-state index in [2.05, 4.69) is 5.32 Å². The van der Waals surface area contributed by atoms with Crippen LogP contribution in [0.1, 0.15) is 31.9 Å². The van der Waals surface area contributed by atoms with E-state index in [1.54, 1.807) is 50.4 Å². The van der Waals surface area contributed by atoms with E-state index in [9.17, 15) is 18.0 Å². The summed E-state index contributed by atoms with van der Waals surface area (Å²) >= 11 is 6.00. The number of rotatable bonds is 12. The van der Waals surface area contributed by atoms with Gasteiger partial charge in [0, 0.05) is 18.1 Å². The molecule has 0 unspecified atom stereocenters. The van der Waals surface area contributed by atoms with Gasteiger partial charge >= 0.3 is 0 Å². The molecule has 0 heterocycles. The van der Waals surface area contributed by atoms with Gasteiger partial charge in [0.2, 0.25) is 11.8 Å². The SMILES string of the molecule is COc1cccc(CN(C(=O)CN(c2cccc(C)c2)S(=O)(=O)c2ccc(Cl)cc2)[C@H](C)C(=O)NCC(C)C)c1. The fourth-order valence-electron chi connectivity index (χ4n) is 4.05. The van der Waals surface area contributed by atoms with Crippen LogP contribution in [-0.2, 0) is 26.2 Å². The molecule has 0 aromatic heterocycles. The zero-order valence-corrected chi connectivity index (χ0v) is 25.0. The molecule has 0 aliphatic carbocycles. The monoisotopic (exact) mass is 585 g/mol. The van der Waals surface area contributed by atoms with Gasteiger partial charge in [0.15, 0.2) is 0 Å². The molecular weight excluding hydrogens is 550 g/mol. The number of halogens is 1. The van der Waals surface area contributed by atoms with E-state index < -0.39 is 28.5 Å². The molecule has 1 atom stereocenters. The van der Waals surface area contributed by atoms with Crippen molar-refractivity contribution >= 4 is 39.1 Å². The molecule has 1 N–H and O–H groups in total. The third-order valence-electron chi connectivity index (χ3n) is 6.31. The summed E-state index contributed by atoms with van der Waals surface area (Å²) in [5.41, 5.74) is 1.90. The highest BCUT2D eigenvalue weighted by molar-refractivity contribution is 7.92. The molecule has 214 valence electrons. The van der Waals surface area contributed by atoms with Crippen LogP contribution in [-0.4, -0.2) is 51.4 Å². The van der Waals surface area contributed by atoms with Gasteiger partial charge in [-0.25, -0.2) is 8.42 Å². The quantitative estimate of drug-likeness (QED) is 0.321. The van der Waals surface area contributed by atoms with Gasteiger partial charge in [-0.15, -0.1) is 0 Å². The van der Waals surface area contributed by atoms with Crippen LogP contribution in [0.4, 0.5) is 5.69 Å². The summed E-state index contributed by atoms with van der Waals surface area (Å²) in [6.45, 7) is 7.45. The van der Waals surface area contributed by atoms with E-state index in [-0.39, 0.29) is 23.3 Å². The van der Waals surface area contributed by atoms with E-state index in [1.165, 1.54) is 29.2 Å². The standard InChI is InChI=1S/C30H36ClN3O5S/c1-21(2)18-32-30(36)23(4)33(19-24-9-7-11-27(17-24)39-5)29(35)20-34(26-10-6-8-22(3)16-26)40(37,38)28-14-12-25(31)13-15-28/h6-17,21,23H,18-20H2,1-5H3,(H,32,36)/t23-/m1/s1. The second kappa shape index (κ2) is 13.7. The van der Waals surface area contributed by atoms with Crippen LogP contribution in [0, 0.1) is 12.8 Å². The minimum atomic E-state index is -4.16. The van der Waals surface area contributed by atoms with E-state index in [1.807, 2.05) is 32.9 Å². The summed E-state index contributed by atoms with van der Waals surface area (Å²) in [6, 6.07) is 19.0. The average molecular weight is 586 g/mol. The first kappa shape index (κ1) is 31.0. The van der Waals surface area contributed by atoms with Crippen LogP contribution >= 0.6 is 11.6 Å². The van der Waals surface area contributed by atoms with Crippen molar-refractivity contribution in [3.05, 3.63) is 88.9 Å². The van der Waals surface area contributed by atoms with Gasteiger partial charge in [0.1, 0.15) is 18.3 Å². The van der Waals surface area contributed by atoms with Crippen molar-refractivity contribution in [2.45, 2.75) is 45.2 Å². The maximum absolute atomic E-state index is 14.0. The third-order valence-corrected chi connectivity index (χ3v) is 8.35. The molecule has 0 fully saturated rings. The zero-order chi connectivity index (χ0) is 29.4. The molecule has 0 saturated carbocycles. The number of anilines is 1. The van der Waals surface area contributed by atoms with Gasteiger partial charge in [-0.3, -0.25) is 13.9 Å². The number of sulfonamides is 1. The molecular formula is C30H36ClN3O5S. The summed E-state index contributed by atoms with van der Waals surface area (Å²) in [7, 11) is -2.61. The normalized spacial score (nSPS) is 12.1. The number of ether oxygens (including phenoxy) is 1. The lowest BCUT2D eigenvalue weighted by Crippen LogP contribution is -2.51. The van der Waals surface area contributed by atoms with E-state index in [0.29, 0.717) is 23.0 Å². The van der Waals surface area contributed by atoms with E-state index in [4.69, 9.17) is 16.3 Å². The third kappa shape index (κ3) is 7.99. The highest BCUT2D eigenvalue weighted by Gasteiger charge is 2.32. The van der Waals surface area contributed by atoms with Gasteiger partial charge < -0.3 is 15.0 Å². The van der Waals surface area contributed by atoms with Gasteiger partial charge in [0.25, 0.3) is 10.0 Å². The van der Waals surface area contributed by atoms with Crippen molar-refractivity contribution in [3.8, 4) is 5.75 Å². The summed E-state index contributed by atoms with van der Waals surface area (Å²) in [5, 5.41) is 3.27. The highest BCUT2D eigenvalue weighted by atomic mass is 35.5. The van der Waals surface area contributed by atoms with Crippen LogP contribution in [0.3, 0.4) is 0 Å². The molecule has 0 aliphatic rings. The van der Waals surface area contributed by atoms with Crippen molar-refractivity contribution < 1.29 is 22.7 Å². The molecule has 0 spiro atoms. The second-order valence-electron chi connectivity index (χ2n) is 9.99. The van der Waals surface area contributed by atoms with Crippen LogP contribution < -0.4 is 14.4 Å². The molecule has 0 bridgehead atoms. The molecule has 3 rings (SSSR count). The number of amides is 2. The number of hydrogen-bond donors (Lipinski definition) is 1. The summed E-state index contributed by atoms with van der Waals surface area (Å²) in [5.74, 6) is -0.0322. The lowest BCUT2D eigenvalue weighted by atomic mass is 10.1. The Labute approximate surface area is 241 Å². The van der Waals surface area contributed by atoms with Crippen LogP contribution in [0.5, 0.6) is 5.75 Å². The number of hydrogen-bond acceptors (Lipinski definition) is 5. The average Bonchev–Trinajstić information content (AvgIpc) is 2.93. The maximum Gasteiger partial charge on any atom is 0.264 e. The first-order valence-electron chi connectivity index (χ1n) is 13.0. The Morgan fingerprint density at radius 3 is 2.27 bits per heavy atom. The number of carbonyl (C=O) groups excluding carboxylic acids is 2. The Bertz CT molecular complexity index is 1430. The van der Waals surface area contributed by atoms with Gasteiger partial charge in [-0.2, -0.15) is 0 Å². The minimum absolute atomic E-state index is 0.00623. The molecule has 3 aromatic carbocycles. The van der Waals surface area contributed by atoms with Crippen molar-refractivity contribution in [2.75, 3.05) is 24.5 Å². The number of nitrogens with zero attached hydrogens (tertiary/aromatic N) is 2. The number of methoxy groups -OCH3 is 1. The van der Waals surface area contributed by atoms with Crippen molar-refractivity contribution in [3.63, 3.8) is 0 Å². The highest BCUT2D eigenvalue weighted by Crippen LogP contribution is 2.26. The summed E-state index contributed by atoms with van der Waals surface area (Å²) in [6.07, 6.45) is 0. The topological polar surface area (TPSA) is 96.0 Å². The molecule has 0 radical (unpaired) electrons. The molecule has 0 saturated heterocycles. The van der Waals surface area contributed by atoms with Crippen molar-refractivity contribution in [1.29, 1.82) is 0 Å². The Kier molecular flexibility index (Phi) is 10.6. The number of benzene rings is 3. The zero-order valence-electron chi connectivity index (χ0n) is 23.4. The van der Waals surface area contributed by atoms with E-state index >= 15 is 0 Å². The van der Waals surface area contributed by atoms with Gasteiger partial charge in [0.05, 0.1) is 17.7 Å².